The van der Waals surface area contributed by atoms with Gasteiger partial charge in [-0.15, -0.1) is 0 Å². The van der Waals surface area contributed by atoms with Crippen molar-refractivity contribution in [2.45, 2.75) is 32.5 Å². The van der Waals surface area contributed by atoms with Gasteiger partial charge in [0.15, 0.2) is 10.8 Å². The highest BCUT2D eigenvalue weighted by atomic mass is 32.1. The van der Waals surface area contributed by atoms with E-state index in [4.69, 9.17) is 21.7 Å². The molecular weight excluding hydrogens is 346 g/mol. The number of nitrogens with one attached hydrogen (secondary N) is 1. The average Bonchev–Trinajstić information content (AvgIpc) is 2.54. The van der Waals surface area contributed by atoms with Crippen LogP contribution in [0.25, 0.3) is 0 Å². The number of hydrogen-bond donors (Lipinski definition) is 1. The van der Waals surface area contributed by atoms with Crippen LogP contribution in [-0.4, -0.2) is 39.8 Å². The molecule has 2 aliphatic rings. The van der Waals surface area contributed by atoms with E-state index in [1.807, 2.05) is 6.92 Å². The van der Waals surface area contributed by atoms with Crippen molar-refractivity contribution < 1.29 is 19.2 Å². The van der Waals surface area contributed by atoms with Gasteiger partial charge >= 0.3 is 5.97 Å². The molecule has 8 nitrogen and oxygen atoms in total. The van der Waals surface area contributed by atoms with E-state index in [0.717, 1.165) is 0 Å². The maximum atomic E-state index is 12.7. The van der Waals surface area contributed by atoms with Gasteiger partial charge in [0.2, 0.25) is 0 Å². The largest absolute Gasteiger partial charge is 0.467 e. The predicted octanol–water partition coefficient (Wildman–Crippen LogP) is 2.13. The van der Waals surface area contributed by atoms with Crippen molar-refractivity contribution in [2.75, 3.05) is 13.2 Å². The van der Waals surface area contributed by atoms with E-state index in [1.54, 1.807) is 24.8 Å². The van der Waals surface area contributed by atoms with Crippen LogP contribution in [0.2, 0.25) is 0 Å². The van der Waals surface area contributed by atoms with Crippen molar-refractivity contribution >= 4 is 29.0 Å². The quantitative estimate of drug-likeness (QED) is 0.375. The van der Waals surface area contributed by atoms with Crippen molar-refractivity contribution in [1.82, 2.24) is 10.2 Å². The first-order chi connectivity index (χ1) is 11.8. The Balaban J connectivity index is 2.16. The third kappa shape index (κ3) is 2.58. The van der Waals surface area contributed by atoms with Crippen molar-refractivity contribution in [3.8, 4) is 5.75 Å². The maximum Gasteiger partial charge on any atom is 0.317 e. The summed E-state index contributed by atoms with van der Waals surface area (Å²) in [6.45, 7) is 6.21. The monoisotopic (exact) mass is 365 g/mol. The molecule has 3 atom stereocenters. The molecule has 3 rings (SSSR count). The molecule has 0 amide bonds. The normalized spacial score (nSPS) is 27.0. The topological polar surface area (TPSA) is 93.9 Å². The van der Waals surface area contributed by atoms with E-state index < -0.39 is 28.6 Å². The molecule has 2 bridgehead atoms. The van der Waals surface area contributed by atoms with E-state index in [1.165, 1.54) is 12.1 Å². The van der Waals surface area contributed by atoms with Gasteiger partial charge in [-0.1, -0.05) is 0 Å². The Morgan fingerprint density at radius 1 is 1.52 bits per heavy atom. The summed E-state index contributed by atoms with van der Waals surface area (Å²) in [5.74, 6) is -0.652. The molecule has 0 radical (unpaired) electrons. The molecule has 0 aliphatic carbocycles. The number of hydrogen-bond acceptors (Lipinski definition) is 6. The van der Waals surface area contributed by atoms with Crippen LogP contribution in [0.15, 0.2) is 18.2 Å². The molecule has 1 aromatic rings. The number of benzene rings is 1. The van der Waals surface area contributed by atoms with Crippen molar-refractivity contribution in [3.63, 3.8) is 0 Å². The molecule has 1 saturated heterocycles. The highest BCUT2D eigenvalue weighted by molar-refractivity contribution is 7.80. The number of esters is 1. The molecule has 9 heteroatoms. The predicted molar refractivity (Wildman–Crippen MR) is 93.1 cm³/mol. The van der Waals surface area contributed by atoms with Gasteiger partial charge in [0.1, 0.15) is 11.7 Å². The van der Waals surface area contributed by atoms with Gasteiger partial charge in [-0.05, 0) is 39.1 Å². The molecule has 2 heterocycles. The zero-order valence-corrected chi connectivity index (χ0v) is 15.0. The molecule has 1 aromatic carbocycles. The van der Waals surface area contributed by atoms with Crippen molar-refractivity contribution in [3.05, 3.63) is 33.9 Å². The minimum atomic E-state index is -1.03. The van der Waals surface area contributed by atoms with Crippen LogP contribution in [0.5, 0.6) is 5.75 Å². The third-order valence-electron chi connectivity index (χ3n) is 4.68. The number of nitro benzene ring substituents is 1. The Labute approximate surface area is 150 Å². The molecule has 1 N–H and O–H groups in total. The summed E-state index contributed by atoms with van der Waals surface area (Å²) < 4.78 is 11.4. The van der Waals surface area contributed by atoms with Crippen LogP contribution in [0.1, 0.15) is 32.4 Å². The lowest BCUT2D eigenvalue weighted by molar-refractivity contribution is -0.385. The second-order valence-corrected chi connectivity index (χ2v) is 6.42. The van der Waals surface area contributed by atoms with Crippen molar-refractivity contribution in [1.29, 1.82) is 0 Å². The van der Waals surface area contributed by atoms with Crippen molar-refractivity contribution in [2.24, 2.45) is 5.92 Å². The van der Waals surface area contributed by atoms with Gasteiger partial charge in [0, 0.05) is 24.2 Å². The molecule has 0 saturated carbocycles. The lowest BCUT2D eigenvalue weighted by Gasteiger charge is -2.55. The van der Waals surface area contributed by atoms with Gasteiger partial charge in [0.25, 0.3) is 5.69 Å². The van der Waals surface area contributed by atoms with E-state index in [9.17, 15) is 14.9 Å². The average molecular weight is 365 g/mol. The summed E-state index contributed by atoms with van der Waals surface area (Å²) in [5.41, 5.74) is -0.570. The second-order valence-electron chi connectivity index (χ2n) is 6.04. The van der Waals surface area contributed by atoms with Gasteiger partial charge in [-0.3, -0.25) is 14.9 Å². The molecular formula is C16H19N3O5S. The standard InChI is InChI=1S/C16H19N3O5S/c1-4-18-15(25)17-13-10-8-9(19(21)22)6-7-11(10)24-16(18,3)12(13)14(20)23-5-2/h6-8,12-13H,4-5H2,1-3H3,(H,17,25)/t12-,13-,16-/m0/s1. The summed E-state index contributed by atoms with van der Waals surface area (Å²) in [4.78, 5) is 25.1. The first-order valence-corrected chi connectivity index (χ1v) is 8.46. The highest BCUT2D eigenvalue weighted by Gasteiger charge is 2.59. The fraction of sp³-hybridized carbons (Fsp3) is 0.500. The Bertz CT molecular complexity index is 755. The van der Waals surface area contributed by atoms with Crippen LogP contribution in [0, 0.1) is 16.0 Å². The number of nitro groups is 1. The van der Waals surface area contributed by atoms with Gasteiger partial charge in [-0.2, -0.15) is 0 Å². The number of carbonyl (C=O) groups is 1. The summed E-state index contributed by atoms with van der Waals surface area (Å²) in [5, 5.41) is 14.7. The summed E-state index contributed by atoms with van der Waals surface area (Å²) in [6.07, 6.45) is 0. The van der Waals surface area contributed by atoms with E-state index >= 15 is 0 Å². The maximum absolute atomic E-state index is 12.7. The van der Waals surface area contributed by atoms with Gasteiger partial charge < -0.3 is 19.7 Å². The number of ether oxygens (including phenoxy) is 2. The fourth-order valence-corrected chi connectivity index (χ4v) is 4.04. The van der Waals surface area contributed by atoms with Crippen LogP contribution in [0.3, 0.4) is 0 Å². The number of rotatable bonds is 4. The lowest BCUT2D eigenvalue weighted by Crippen LogP contribution is -2.71. The van der Waals surface area contributed by atoms with E-state index in [-0.39, 0.29) is 12.3 Å². The van der Waals surface area contributed by atoms with Crippen LogP contribution < -0.4 is 10.1 Å². The summed E-state index contributed by atoms with van der Waals surface area (Å²) in [6, 6.07) is 3.81. The van der Waals surface area contributed by atoms with Crippen LogP contribution in [-0.2, 0) is 9.53 Å². The highest BCUT2D eigenvalue weighted by Crippen LogP contribution is 2.49. The lowest BCUT2D eigenvalue weighted by atomic mass is 9.79. The fourth-order valence-electron chi connectivity index (χ4n) is 3.60. The van der Waals surface area contributed by atoms with Crippen LogP contribution >= 0.6 is 12.2 Å². The summed E-state index contributed by atoms with van der Waals surface area (Å²) in [7, 11) is 0. The molecule has 2 aliphatic heterocycles. The minimum Gasteiger partial charge on any atom is -0.467 e. The number of fused-ring (bicyclic) bond motifs is 4. The molecule has 134 valence electrons. The molecule has 25 heavy (non-hydrogen) atoms. The minimum absolute atomic E-state index is 0.0702. The Kier molecular flexibility index (Phi) is 4.28. The molecule has 0 unspecified atom stereocenters. The Morgan fingerprint density at radius 2 is 2.24 bits per heavy atom. The SMILES string of the molecule is CCOC(=O)[C@@H]1[C@H]2NC(=S)N(CC)[C@@]1(C)Oc1ccc([N+](=O)[O-])cc12. The first kappa shape index (κ1) is 17.4. The number of non-ortho nitro benzene ring substituents is 1. The molecule has 0 spiro atoms. The van der Waals surface area contributed by atoms with E-state index in [0.29, 0.717) is 23.0 Å². The Morgan fingerprint density at radius 3 is 2.84 bits per heavy atom. The van der Waals surface area contributed by atoms with Gasteiger partial charge in [-0.25, -0.2) is 0 Å². The molecule has 0 aromatic heterocycles. The third-order valence-corrected chi connectivity index (χ3v) is 5.02. The zero-order chi connectivity index (χ0) is 18.4. The first-order valence-electron chi connectivity index (χ1n) is 8.05. The number of nitrogens with zero attached hydrogens (tertiary/aromatic N) is 2. The number of thiocarbonyl (C=S) groups is 1. The second kappa shape index (κ2) is 6.14. The Hall–Kier alpha value is -2.42. The molecule has 1 fully saturated rings. The van der Waals surface area contributed by atoms with Crippen LogP contribution in [0.4, 0.5) is 5.69 Å². The smallest absolute Gasteiger partial charge is 0.317 e. The zero-order valence-electron chi connectivity index (χ0n) is 14.1. The van der Waals surface area contributed by atoms with Gasteiger partial charge in [0.05, 0.1) is 17.6 Å². The van der Waals surface area contributed by atoms with E-state index in [2.05, 4.69) is 5.32 Å². The summed E-state index contributed by atoms with van der Waals surface area (Å²) >= 11 is 5.42. The number of carbonyl (C=O) groups excluding carboxylic acids is 1.